The Morgan fingerprint density at radius 2 is 2.05 bits per heavy atom. The van der Waals surface area contributed by atoms with Crippen molar-refractivity contribution >= 4 is 27.3 Å². The van der Waals surface area contributed by atoms with Gasteiger partial charge in [0.15, 0.2) is 0 Å². The maximum Gasteiger partial charge on any atom is 0.270 e. The van der Waals surface area contributed by atoms with Crippen molar-refractivity contribution in [3.63, 3.8) is 0 Å². The highest BCUT2D eigenvalue weighted by molar-refractivity contribution is 9.10. The molecule has 2 aromatic rings. The molecule has 0 saturated heterocycles. The number of aryl methyl sites for hydroxylation is 1. The molecule has 2 aromatic carbocycles. The van der Waals surface area contributed by atoms with Gasteiger partial charge in [0, 0.05) is 28.8 Å². The van der Waals surface area contributed by atoms with Crippen LogP contribution in [0.2, 0.25) is 0 Å². The van der Waals surface area contributed by atoms with Gasteiger partial charge in [0.05, 0.1) is 4.92 Å². The summed E-state index contributed by atoms with van der Waals surface area (Å²) in [6.45, 7) is 2.35. The highest BCUT2D eigenvalue weighted by Gasteiger charge is 2.09. The topological polar surface area (TPSA) is 55.2 Å². The SMILES string of the molecule is Cc1ccc(F)cc1CNc1ccc([N+](=O)[O-])cc1Br. The zero-order valence-corrected chi connectivity index (χ0v) is 12.3. The van der Waals surface area contributed by atoms with E-state index in [0.717, 1.165) is 16.8 Å². The van der Waals surface area contributed by atoms with Crippen molar-refractivity contribution < 1.29 is 9.31 Å². The lowest BCUT2D eigenvalue weighted by atomic mass is 10.1. The van der Waals surface area contributed by atoms with E-state index < -0.39 is 4.92 Å². The van der Waals surface area contributed by atoms with Gasteiger partial charge in [0.2, 0.25) is 0 Å². The van der Waals surface area contributed by atoms with Gasteiger partial charge in [-0.05, 0) is 52.2 Å². The van der Waals surface area contributed by atoms with E-state index in [1.165, 1.54) is 24.3 Å². The summed E-state index contributed by atoms with van der Waals surface area (Å²) in [5, 5.41) is 13.8. The van der Waals surface area contributed by atoms with Crippen LogP contribution in [0.3, 0.4) is 0 Å². The van der Waals surface area contributed by atoms with Crippen LogP contribution in [0, 0.1) is 22.9 Å². The summed E-state index contributed by atoms with van der Waals surface area (Å²) in [6, 6.07) is 9.09. The van der Waals surface area contributed by atoms with Gasteiger partial charge in [-0.2, -0.15) is 0 Å². The number of hydrogen-bond donors (Lipinski definition) is 1. The molecule has 1 N–H and O–H groups in total. The molecule has 0 amide bonds. The number of nitro benzene ring substituents is 1. The highest BCUT2D eigenvalue weighted by Crippen LogP contribution is 2.27. The van der Waals surface area contributed by atoms with Gasteiger partial charge in [-0.1, -0.05) is 6.07 Å². The third kappa shape index (κ3) is 3.33. The summed E-state index contributed by atoms with van der Waals surface area (Å²) >= 11 is 3.28. The molecule has 0 aliphatic rings. The van der Waals surface area contributed by atoms with Crippen LogP contribution in [0.5, 0.6) is 0 Å². The molecule has 0 spiro atoms. The van der Waals surface area contributed by atoms with Crippen molar-refractivity contribution in [2.75, 3.05) is 5.32 Å². The minimum Gasteiger partial charge on any atom is -0.380 e. The summed E-state index contributed by atoms with van der Waals surface area (Å²) in [7, 11) is 0. The van der Waals surface area contributed by atoms with Crippen LogP contribution >= 0.6 is 15.9 Å². The molecule has 0 atom stereocenters. The average Bonchev–Trinajstić information content (AvgIpc) is 2.40. The fraction of sp³-hybridized carbons (Fsp3) is 0.143. The van der Waals surface area contributed by atoms with Crippen molar-refractivity contribution in [2.24, 2.45) is 0 Å². The van der Waals surface area contributed by atoms with E-state index in [2.05, 4.69) is 21.2 Å². The zero-order valence-electron chi connectivity index (χ0n) is 10.7. The molecular weight excluding hydrogens is 327 g/mol. The van der Waals surface area contributed by atoms with E-state index in [1.54, 1.807) is 12.1 Å². The smallest absolute Gasteiger partial charge is 0.270 e. The lowest BCUT2D eigenvalue weighted by molar-refractivity contribution is -0.384. The van der Waals surface area contributed by atoms with Crippen molar-refractivity contribution in [1.82, 2.24) is 0 Å². The second-order valence-corrected chi connectivity index (χ2v) is 5.20. The van der Waals surface area contributed by atoms with Crippen LogP contribution in [0.25, 0.3) is 0 Å². The largest absolute Gasteiger partial charge is 0.380 e. The van der Waals surface area contributed by atoms with Crippen molar-refractivity contribution in [3.8, 4) is 0 Å². The van der Waals surface area contributed by atoms with Crippen LogP contribution in [0.4, 0.5) is 15.8 Å². The molecule has 0 bridgehead atoms. The molecule has 4 nitrogen and oxygen atoms in total. The Morgan fingerprint density at radius 1 is 1.30 bits per heavy atom. The maximum atomic E-state index is 13.2. The predicted octanol–water partition coefficient (Wildman–Crippen LogP) is 4.42. The van der Waals surface area contributed by atoms with Gasteiger partial charge in [-0.15, -0.1) is 0 Å². The molecule has 0 radical (unpaired) electrons. The first kappa shape index (κ1) is 14.5. The van der Waals surface area contributed by atoms with Gasteiger partial charge in [-0.25, -0.2) is 4.39 Å². The molecule has 104 valence electrons. The minimum absolute atomic E-state index is 0.0179. The van der Waals surface area contributed by atoms with Crippen molar-refractivity contribution in [2.45, 2.75) is 13.5 Å². The third-order valence-corrected chi connectivity index (χ3v) is 3.60. The fourth-order valence-electron chi connectivity index (χ4n) is 1.78. The van der Waals surface area contributed by atoms with E-state index in [4.69, 9.17) is 0 Å². The molecule has 0 aliphatic carbocycles. The molecule has 0 aliphatic heterocycles. The molecule has 0 fully saturated rings. The van der Waals surface area contributed by atoms with Gasteiger partial charge in [-0.3, -0.25) is 10.1 Å². The van der Waals surface area contributed by atoms with E-state index in [1.807, 2.05) is 6.92 Å². The summed E-state index contributed by atoms with van der Waals surface area (Å²) in [5.41, 5.74) is 2.57. The van der Waals surface area contributed by atoms with Crippen LogP contribution < -0.4 is 5.32 Å². The van der Waals surface area contributed by atoms with Crippen LogP contribution in [0.15, 0.2) is 40.9 Å². The number of nitrogens with zero attached hydrogens (tertiary/aromatic N) is 1. The molecule has 2 rings (SSSR count). The maximum absolute atomic E-state index is 13.2. The monoisotopic (exact) mass is 338 g/mol. The third-order valence-electron chi connectivity index (χ3n) is 2.94. The van der Waals surface area contributed by atoms with E-state index in [9.17, 15) is 14.5 Å². The van der Waals surface area contributed by atoms with E-state index in [-0.39, 0.29) is 11.5 Å². The molecular formula is C14H12BrFN2O2. The van der Waals surface area contributed by atoms with Gasteiger partial charge < -0.3 is 5.32 Å². The van der Waals surface area contributed by atoms with Gasteiger partial charge in [0.25, 0.3) is 5.69 Å². The van der Waals surface area contributed by atoms with Crippen molar-refractivity contribution in [3.05, 3.63) is 67.9 Å². The van der Waals surface area contributed by atoms with Crippen LogP contribution in [-0.2, 0) is 6.54 Å². The Bertz CT molecular complexity index is 662. The second-order valence-electron chi connectivity index (χ2n) is 4.35. The first-order chi connectivity index (χ1) is 9.47. The number of nitrogens with one attached hydrogen (secondary N) is 1. The predicted molar refractivity (Wildman–Crippen MR) is 79.3 cm³/mol. The van der Waals surface area contributed by atoms with Gasteiger partial charge >= 0.3 is 0 Å². The standard InChI is InChI=1S/C14H12BrFN2O2/c1-9-2-3-11(16)6-10(9)8-17-14-5-4-12(18(19)20)7-13(14)15/h2-7,17H,8H2,1H3. The van der Waals surface area contributed by atoms with Crippen molar-refractivity contribution in [1.29, 1.82) is 0 Å². The second kappa shape index (κ2) is 6.00. The van der Waals surface area contributed by atoms with Crippen LogP contribution in [-0.4, -0.2) is 4.92 Å². The lowest BCUT2D eigenvalue weighted by Gasteiger charge is -2.10. The Balaban J connectivity index is 2.15. The first-order valence-corrected chi connectivity index (χ1v) is 6.69. The zero-order chi connectivity index (χ0) is 14.7. The number of nitro groups is 1. The normalized spacial score (nSPS) is 10.3. The molecule has 0 heterocycles. The van der Waals surface area contributed by atoms with E-state index >= 15 is 0 Å². The lowest BCUT2D eigenvalue weighted by Crippen LogP contribution is -2.02. The molecule has 20 heavy (non-hydrogen) atoms. The summed E-state index contributed by atoms with van der Waals surface area (Å²) in [5.74, 6) is -0.282. The van der Waals surface area contributed by atoms with E-state index in [0.29, 0.717) is 11.0 Å². The Kier molecular flexibility index (Phi) is 4.34. The Hall–Kier alpha value is -1.95. The summed E-state index contributed by atoms with van der Waals surface area (Å²) in [6.07, 6.45) is 0. The average molecular weight is 339 g/mol. The minimum atomic E-state index is -0.453. The molecule has 0 aromatic heterocycles. The summed E-state index contributed by atoms with van der Waals surface area (Å²) < 4.78 is 13.8. The number of benzene rings is 2. The highest BCUT2D eigenvalue weighted by atomic mass is 79.9. The van der Waals surface area contributed by atoms with Gasteiger partial charge in [0.1, 0.15) is 5.82 Å². The van der Waals surface area contributed by atoms with Crippen LogP contribution in [0.1, 0.15) is 11.1 Å². The quantitative estimate of drug-likeness (QED) is 0.663. The number of non-ortho nitro benzene ring substituents is 1. The number of anilines is 1. The number of halogens is 2. The molecule has 6 heteroatoms. The summed E-state index contributed by atoms with van der Waals surface area (Å²) in [4.78, 5) is 10.2. The fourth-order valence-corrected chi connectivity index (χ4v) is 2.29. The Labute approximate surface area is 123 Å². The molecule has 0 saturated carbocycles. The molecule has 0 unspecified atom stereocenters. The Morgan fingerprint density at radius 3 is 2.70 bits per heavy atom. The number of hydrogen-bond acceptors (Lipinski definition) is 3. The first-order valence-electron chi connectivity index (χ1n) is 5.90. The number of rotatable bonds is 4.